The molecule has 44 heavy (non-hydrogen) atoms. The minimum absolute atomic E-state index is 0.173. The van der Waals surface area contributed by atoms with Crippen LogP contribution >= 0.6 is 11.8 Å². The molecule has 3 aliphatic rings. The van der Waals surface area contributed by atoms with E-state index in [-0.39, 0.29) is 16.7 Å². The molecule has 3 aromatic carbocycles. The van der Waals surface area contributed by atoms with E-state index in [0.29, 0.717) is 19.3 Å². The maximum absolute atomic E-state index is 12.4. The van der Waals surface area contributed by atoms with Gasteiger partial charge >= 0.3 is 0 Å². The summed E-state index contributed by atoms with van der Waals surface area (Å²) in [7, 11) is 1.53. The van der Waals surface area contributed by atoms with E-state index < -0.39 is 5.25 Å². The van der Waals surface area contributed by atoms with Gasteiger partial charge in [-0.3, -0.25) is 19.4 Å². The monoisotopic (exact) mass is 614 g/mol. The second kappa shape index (κ2) is 12.5. The van der Waals surface area contributed by atoms with Gasteiger partial charge in [-0.05, 0) is 112 Å². The summed E-state index contributed by atoms with van der Waals surface area (Å²) in [5.74, 6) is 2.61. The zero-order chi connectivity index (χ0) is 31.0. The fraction of sp³-hybridized carbons (Fsp3) is 0.444. The number of likely N-dealkylation sites (N-methyl/N-ethyl adjacent to an activating group) is 1. The number of fused-ring (bicyclic) bond motifs is 1. The molecule has 0 saturated carbocycles. The van der Waals surface area contributed by atoms with Crippen molar-refractivity contribution in [1.82, 2.24) is 9.80 Å². The Morgan fingerprint density at radius 2 is 1.73 bits per heavy atom. The molecule has 0 N–H and O–H groups in total. The molecule has 2 unspecified atom stereocenters. The molecule has 2 fully saturated rings. The maximum atomic E-state index is 12.4. The zero-order valence-electron chi connectivity index (χ0n) is 26.4. The number of hydrogen-bond donors (Lipinski definition) is 0. The minimum atomic E-state index is -0.474. The molecule has 2 amide bonds. The van der Waals surface area contributed by atoms with Crippen molar-refractivity contribution in [2.24, 2.45) is 0 Å². The lowest BCUT2D eigenvalue weighted by Crippen LogP contribution is -2.50. The van der Waals surface area contributed by atoms with Gasteiger partial charge in [-0.25, -0.2) is 0 Å². The summed E-state index contributed by atoms with van der Waals surface area (Å²) in [5.41, 5.74) is 6.47. The average Bonchev–Trinajstić information content (AvgIpc) is 3.57. The van der Waals surface area contributed by atoms with Gasteiger partial charge in [0.15, 0.2) is 0 Å². The van der Waals surface area contributed by atoms with Crippen LogP contribution in [0.5, 0.6) is 17.2 Å². The number of ether oxygens (including phenoxy) is 3. The summed E-state index contributed by atoms with van der Waals surface area (Å²) in [6.45, 7) is 11.8. The molecule has 0 spiro atoms. The SMILES string of the molecule is Cc1c(C)c2c(c(C)c1OCc1ccccc1)CCC(C)(CN1CCC[C@H]1COc1ccc(C3SC(=O)N(C)C3=O)cc1)O2. The summed E-state index contributed by atoms with van der Waals surface area (Å²) in [4.78, 5) is 28.0. The molecule has 0 aliphatic carbocycles. The molecule has 232 valence electrons. The van der Waals surface area contributed by atoms with E-state index in [4.69, 9.17) is 14.2 Å². The van der Waals surface area contributed by atoms with Gasteiger partial charge < -0.3 is 14.2 Å². The number of imide groups is 1. The smallest absolute Gasteiger partial charge is 0.289 e. The van der Waals surface area contributed by atoms with Crippen LogP contribution in [0, 0.1) is 20.8 Å². The Kier molecular flexibility index (Phi) is 8.66. The van der Waals surface area contributed by atoms with Crippen LogP contribution in [0.2, 0.25) is 0 Å². The van der Waals surface area contributed by atoms with Crippen molar-refractivity contribution in [1.29, 1.82) is 0 Å². The lowest BCUT2D eigenvalue weighted by Gasteiger charge is -2.41. The first-order valence-corrected chi connectivity index (χ1v) is 16.4. The Morgan fingerprint density at radius 3 is 2.43 bits per heavy atom. The highest BCUT2D eigenvalue weighted by Crippen LogP contribution is 2.44. The number of thioether (sulfide) groups is 1. The highest BCUT2D eigenvalue weighted by molar-refractivity contribution is 8.14. The van der Waals surface area contributed by atoms with Crippen molar-refractivity contribution in [3.8, 4) is 17.2 Å². The number of benzene rings is 3. The highest BCUT2D eigenvalue weighted by Gasteiger charge is 2.40. The summed E-state index contributed by atoms with van der Waals surface area (Å²) in [6.07, 6.45) is 4.14. The molecule has 0 bridgehead atoms. The quantitative estimate of drug-likeness (QED) is 0.253. The van der Waals surface area contributed by atoms with Gasteiger partial charge in [0, 0.05) is 25.2 Å². The first kappa shape index (κ1) is 30.5. The average molecular weight is 615 g/mol. The predicted octanol–water partition coefficient (Wildman–Crippen LogP) is 7.18. The topological polar surface area (TPSA) is 68.3 Å². The lowest BCUT2D eigenvalue weighted by atomic mass is 9.86. The Morgan fingerprint density at radius 1 is 0.977 bits per heavy atom. The molecule has 3 aliphatic heterocycles. The molecule has 0 aromatic heterocycles. The molecule has 2 saturated heterocycles. The fourth-order valence-corrected chi connectivity index (χ4v) is 7.70. The van der Waals surface area contributed by atoms with Gasteiger partial charge in [0.1, 0.15) is 41.3 Å². The van der Waals surface area contributed by atoms with Crippen molar-refractivity contribution in [3.05, 3.63) is 88.0 Å². The van der Waals surface area contributed by atoms with E-state index in [1.54, 1.807) is 0 Å². The first-order chi connectivity index (χ1) is 21.1. The van der Waals surface area contributed by atoms with E-state index in [1.165, 1.54) is 23.1 Å². The third-order valence-electron chi connectivity index (χ3n) is 9.50. The van der Waals surface area contributed by atoms with Gasteiger partial charge in [0.05, 0.1) is 0 Å². The summed E-state index contributed by atoms with van der Waals surface area (Å²) in [6, 6.07) is 18.2. The summed E-state index contributed by atoms with van der Waals surface area (Å²) < 4.78 is 19.5. The van der Waals surface area contributed by atoms with E-state index >= 15 is 0 Å². The number of carbonyl (C=O) groups excluding carboxylic acids is 2. The van der Waals surface area contributed by atoms with Crippen molar-refractivity contribution in [2.75, 3.05) is 26.7 Å². The number of likely N-dealkylation sites (tertiary alicyclic amines) is 1. The molecule has 3 atom stereocenters. The van der Waals surface area contributed by atoms with Gasteiger partial charge in [0.2, 0.25) is 5.91 Å². The largest absolute Gasteiger partial charge is 0.492 e. The Hall–Kier alpha value is -3.49. The van der Waals surface area contributed by atoms with Crippen LogP contribution in [-0.2, 0) is 17.8 Å². The Bertz CT molecular complexity index is 1540. The molecule has 0 radical (unpaired) electrons. The fourth-order valence-electron chi connectivity index (χ4n) is 6.70. The molecular weight excluding hydrogens is 572 g/mol. The normalized spacial score (nSPS) is 23.5. The zero-order valence-corrected chi connectivity index (χ0v) is 27.2. The van der Waals surface area contributed by atoms with Crippen LogP contribution in [0.3, 0.4) is 0 Å². The van der Waals surface area contributed by atoms with E-state index in [0.717, 1.165) is 90.0 Å². The Balaban J connectivity index is 1.08. The number of hydrogen-bond acceptors (Lipinski definition) is 7. The number of amides is 2. The summed E-state index contributed by atoms with van der Waals surface area (Å²) >= 11 is 1.06. The van der Waals surface area contributed by atoms with Gasteiger partial charge in [-0.15, -0.1) is 0 Å². The molecule has 8 heteroatoms. The summed E-state index contributed by atoms with van der Waals surface area (Å²) in [5, 5.41) is -0.684. The van der Waals surface area contributed by atoms with Crippen molar-refractivity contribution >= 4 is 22.9 Å². The van der Waals surface area contributed by atoms with Crippen molar-refractivity contribution in [2.45, 2.75) is 76.9 Å². The second-order valence-corrected chi connectivity index (χ2v) is 13.7. The highest BCUT2D eigenvalue weighted by atomic mass is 32.2. The molecular formula is C36H42N2O5S. The van der Waals surface area contributed by atoms with E-state index in [2.05, 4.69) is 44.7 Å². The third kappa shape index (κ3) is 6.07. The Labute approximate surface area is 264 Å². The van der Waals surface area contributed by atoms with Crippen LogP contribution in [0.15, 0.2) is 54.6 Å². The van der Waals surface area contributed by atoms with Crippen LogP contribution in [0.25, 0.3) is 0 Å². The second-order valence-electron chi connectivity index (χ2n) is 12.6. The van der Waals surface area contributed by atoms with Crippen molar-refractivity contribution in [3.63, 3.8) is 0 Å². The van der Waals surface area contributed by atoms with Crippen LogP contribution in [0.4, 0.5) is 4.79 Å². The third-order valence-corrected chi connectivity index (χ3v) is 10.7. The first-order valence-electron chi connectivity index (χ1n) is 15.6. The predicted molar refractivity (Wildman–Crippen MR) is 174 cm³/mol. The standard InChI is InChI=1S/C36H42N2O5S/c1-23-24(2)32-30(25(3)31(23)42-20-26-10-7-6-8-11-26)17-18-36(4,43-32)22-38-19-9-12-28(38)21-41-29-15-13-27(14-16-29)33-34(39)37(5)35(40)44-33/h6-8,10-11,13-16,28,33H,9,12,17-22H2,1-5H3/t28-,33?,36?/m0/s1. The van der Waals surface area contributed by atoms with Crippen LogP contribution in [0.1, 0.15) is 64.8 Å². The molecule has 7 nitrogen and oxygen atoms in total. The van der Waals surface area contributed by atoms with Crippen LogP contribution in [-0.4, -0.2) is 59.3 Å². The molecule has 6 rings (SSSR count). The maximum Gasteiger partial charge on any atom is 0.289 e. The van der Waals surface area contributed by atoms with Gasteiger partial charge in [0.25, 0.3) is 5.24 Å². The lowest BCUT2D eigenvalue weighted by molar-refractivity contribution is -0.125. The van der Waals surface area contributed by atoms with E-state index in [1.807, 2.05) is 42.5 Å². The van der Waals surface area contributed by atoms with Gasteiger partial charge in [-0.2, -0.15) is 0 Å². The van der Waals surface area contributed by atoms with Crippen molar-refractivity contribution < 1.29 is 23.8 Å². The van der Waals surface area contributed by atoms with Crippen LogP contribution < -0.4 is 14.2 Å². The minimum Gasteiger partial charge on any atom is -0.492 e. The number of carbonyl (C=O) groups is 2. The van der Waals surface area contributed by atoms with E-state index in [9.17, 15) is 9.59 Å². The molecule has 3 heterocycles. The number of nitrogens with zero attached hydrogens (tertiary/aromatic N) is 2. The molecule has 3 aromatic rings. The number of rotatable bonds is 9. The van der Waals surface area contributed by atoms with Gasteiger partial charge in [-0.1, -0.05) is 42.5 Å².